The molecule has 2 saturated heterocycles. The van der Waals surface area contributed by atoms with Gasteiger partial charge in [-0.15, -0.1) is 17.5 Å². The van der Waals surface area contributed by atoms with Crippen LogP contribution in [0.2, 0.25) is 0 Å². The van der Waals surface area contributed by atoms with E-state index in [1.54, 1.807) is 4.90 Å². The molecule has 0 saturated carbocycles. The summed E-state index contributed by atoms with van der Waals surface area (Å²) in [5.74, 6) is -0.298. The van der Waals surface area contributed by atoms with E-state index in [2.05, 4.69) is 20.5 Å². The number of nitrogens with one attached hydrogen (secondary N) is 1. The molecule has 1 atom stereocenters. The lowest BCUT2D eigenvalue weighted by atomic mass is 10.1. The van der Waals surface area contributed by atoms with Crippen molar-refractivity contribution in [1.29, 1.82) is 0 Å². The Morgan fingerprint density at radius 2 is 1.86 bits per heavy atom. The van der Waals surface area contributed by atoms with Crippen molar-refractivity contribution in [3.8, 4) is 5.69 Å². The van der Waals surface area contributed by atoms with Crippen LogP contribution < -0.4 is 5.32 Å². The van der Waals surface area contributed by atoms with E-state index >= 15 is 0 Å². The summed E-state index contributed by atoms with van der Waals surface area (Å²) in [5, 5.41) is 10.9. The summed E-state index contributed by atoms with van der Waals surface area (Å²) in [4.78, 5) is 16.8. The van der Waals surface area contributed by atoms with Crippen LogP contribution in [0.25, 0.3) is 5.69 Å². The zero-order valence-corrected chi connectivity index (χ0v) is 16.4. The third kappa shape index (κ3) is 4.54. The van der Waals surface area contributed by atoms with Gasteiger partial charge in [-0.1, -0.05) is 17.3 Å². The minimum Gasteiger partial charge on any atom is -0.336 e. The molecule has 0 radical (unpaired) electrons. The molecule has 1 aromatic carbocycles. The Morgan fingerprint density at radius 3 is 2.59 bits per heavy atom. The lowest BCUT2D eigenvalue weighted by Gasteiger charge is -2.32. The van der Waals surface area contributed by atoms with Gasteiger partial charge in [0.2, 0.25) is 0 Å². The molecule has 7 nitrogen and oxygen atoms in total. The molecule has 11 heteroatoms. The molecule has 1 unspecified atom stereocenters. The van der Waals surface area contributed by atoms with E-state index in [-0.39, 0.29) is 29.7 Å². The lowest BCUT2D eigenvalue weighted by molar-refractivity contribution is -0.137. The van der Waals surface area contributed by atoms with E-state index in [1.165, 1.54) is 24.4 Å². The number of carbonyl (C=O) groups excluding carboxylic acids is 1. The van der Waals surface area contributed by atoms with E-state index in [9.17, 15) is 18.0 Å². The van der Waals surface area contributed by atoms with Crippen LogP contribution in [0.4, 0.5) is 13.2 Å². The topological polar surface area (TPSA) is 66.3 Å². The second-order valence-corrected chi connectivity index (χ2v) is 7.04. The molecular weight excluding hydrogens is 409 g/mol. The Kier molecular flexibility index (Phi) is 6.45. The predicted octanol–water partition coefficient (Wildman–Crippen LogP) is 1.83. The molecule has 0 bridgehead atoms. The molecule has 2 aliphatic rings. The van der Waals surface area contributed by atoms with Crippen LogP contribution in [-0.4, -0.2) is 76.0 Å². The number of carbonyl (C=O) groups is 1. The van der Waals surface area contributed by atoms with Crippen molar-refractivity contribution in [1.82, 2.24) is 30.1 Å². The third-order valence-corrected chi connectivity index (χ3v) is 5.29. The van der Waals surface area contributed by atoms with E-state index in [0.29, 0.717) is 19.1 Å². The highest BCUT2D eigenvalue weighted by atomic mass is 35.5. The Hall–Kier alpha value is -2.17. The Morgan fingerprint density at radius 1 is 1.14 bits per heavy atom. The number of nitrogens with zero attached hydrogens (tertiary/aromatic N) is 5. The lowest BCUT2D eigenvalue weighted by Crippen LogP contribution is -2.49. The average molecular weight is 431 g/mol. The monoisotopic (exact) mass is 430 g/mol. The number of likely N-dealkylation sites (tertiary alicyclic amines) is 1. The van der Waals surface area contributed by atoms with E-state index < -0.39 is 11.7 Å². The van der Waals surface area contributed by atoms with Crippen molar-refractivity contribution < 1.29 is 18.0 Å². The van der Waals surface area contributed by atoms with Gasteiger partial charge in [0.05, 0.1) is 17.4 Å². The molecule has 4 rings (SSSR count). The summed E-state index contributed by atoms with van der Waals surface area (Å²) in [6.07, 6.45) is -2.36. The van der Waals surface area contributed by atoms with Crippen LogP contribution in [0.3, 0.4) is 0 Å². The summed E-state index contributed by atoms with van der Waals surface area (Å²) < 4.78 is 40.7. The first-order valence-electron chi connectivity index (χ1n) is 9.26. The van der Waals surface area contributed by atoms with Gasteiger partial charge in [-0.3, -0.25) is 9.69 Å². The Balaban J connectivity index is 0.00000240. The van der Waals surface area contributed by atoms with Gasteiger partial charge in [0.1, 0.15) is 0 Å². The summed E-state index contributed by atoms with van der Waals surface area (Å²) >= 11 is 0. The average Bonchev–Trinajstić information content (AvgIpc) is 3.38. The van der Waals surface area contributed by atoms with Crippen LogP contribution in [-0.2, 0) is 6.18 Å². The highest BCUT2D eigenvalue weighted by Crippen LogP contribution is 2.33. The van der Waals surface area contributed by atoms with Gasteiger partial charge in [0, 0.05) is 45.3 Å². The largest absolute Gasteiger partial charge is 0.418 e. The van der Waals surface area contributed by atoms with Crippen LogP contribution in [0.15, 0.2) is 30.5 Å². The minimum atomic E-state index is -4.52. The molecule has 2 aliphatic heterocycles. The van der Waals surface area contributed by atoms with Gasteiger partial charge in [0.15, 0.2) is 5.69 Å². The summed E-state index contributed by atoms with van der Waals surface area (Å²) in [6, 6.07) is 5.41. The fraction of sp³-hybridized carbons (Fsp3) is 0.500. The van der Waals surface area contributed by atoms with Crippen LogP contribution in [0.1, 0.15) is 22.5 Å². The molecule has 0 aliphatic carbocycles. The summed E-state index contributed by atoms with van der Waals surface area (Å²) in [7, 11) is 0. The molecule has 3 heterocycles. The van der Waals surface area contributed by atoms with Crippen molar-refractivity contribution >= 4 is 18.3 Å². The highest BCUT2D eigenvalue weighted by Gasteiger charge is 2.35. The van der Waals surface area contributed by atoms with E-state index in [0.717, 1.165) is 43.3 Å². The van der Waals surface area contributed by atoms with Gasteiger partial charge < -0.3 is 10.2 Å². The predicted molar refractivity (Wildman–Crippen MR) is 102 cm³/mol. The summed E-state index contributed by atoms with van der Waals surface area (Å²) in [6.45, 7) is 5.01. The van der Waals surface area contributed by atoms with E-state index in [1.807, 2.05) is 0 Å². The SMILES string of the molecule is Cl.O=C(c1cn(-c2ccccc2C(F)(F)F)nn1)N1CCC(N2CCNCC2)C1. The summed E-state index contributed by atoms with van der Waals surface area (Å²) in [5.41, 5.74) is -0.918. The Bertz CT molecular complexity index is 852. The van der Waals surface area contributed by atoms with Gasteiger partial charge in [-0.2, -0.15) is 13.2 Å². The quantitative estimate of drug-likeness (QED) is 0.804. The van der Waals surface area contributed by atoms with Gasteiger partial charge in [-0.05, 0) is 18.6 Å². The van der Waals surface area contributed by atoms with Gasteiger partial charge in [-0.25, -0.2) is 4.68 Å². The normalized spacial score (nSPS) is 20.5. The number of para-hydroxylation sites is 1. The number of piperazine rings is 1. The number of halogens is 4. The van der Waals surface area contributed by atoms with Crippen molar-refractivity contribution in [3.05, 3.63) is 41.7 Å². The zero-order chi connectivity index (χ0) is 19.7. The van der Waals surface area contributed by atoms with Crippen molar-refractivity contribution in [3.63, 3.8) is 0 Å². The molecule has 158 valence electrons. The fourth-order valence-electron chi connectivity index (χ4n) is 3.83. The first kappa shape index (κ1) is 21.5. The first-order valence-corrected chi connectivity index (χ1v) is 9.26. The number of hydrogen-bond donors (Lipinski definition) is 1. The Labute approximate surface area is 172 Å². The molecular formula is C18H22ClF3N6O. The van der Waals surface area contributed by atoms with Gasteiger partial charge >= 0.3 is 6.18 Å². The van der Waals surface area contributed by atoms with Crippen molar-refractivity contribution in [2.24, 2.45) is 0 Å². The molecule has 2 aromatic rings. The second-order valence-electron chi connectivity index (χ2n) is 7.04. The number of amides is 1. The van der Waals surface area contributed by atoms with Crippen LogP contribution >= 0.6 is 12.4 Å². The number of benzene rings is 1. The van der Waals surface area contributed by atoms with Crippen molar-refractivity contribution in [2.75, 3.05) is 39.3 Å². The van der Waals surface area contributed by atoms with Crippen molar-refractivity contribution in [2.45, 2.75) is 18.6 Å². The molecule has 1 N–H and O–H groups in total. The smallest absolute Gasteiger partial charge is 0.336 e. The molecule has 1 amide bonds. The number of alkyl halides is 3. The minimum absolute atomic E-state index is 0. The van der Waals surface area contributed by atoms with Gasteiger partial charge in [0.25, 0.3) is 5.91 Å². The van der Waals surface area contributed by atoms with Crippen LogP contribution in [0, 0.1) is 0 Å². The second kappa shape index (κ2) is 8.68. The first-order chi connectivity index (χ1) is 13.4. The maximum atomic E-state index is 13.2. The molecule has 2 fully saturated rings. The molecule has 1 aromatic heterocycles. The number of aromatic nitrogens is 3. The molecule has 0 spiro atoms. The maximum Gasteiger partial charge on any atom is 0.418 e. The maximum absolute atomic E-state index is 13.2. The third-order valence-electron chi connectivity index (χ3n) is 5.29. The highest BCUT2D eigenvalue weighted by molar-refractivity contribution is 5.92. The fourth-order valence-corrected chi connectivity index (χ4v) is 3.83. The van der Waals surface area contributed by atoms with Crippen LogP contribution in [0.5, 0.6) is 0 Å². The number of hydrogen-bond acceptors (Lipinski definition) is 5. The number of rotatable bonds is 3. The van der Waals surface area contributed by atoms with E-state index in [4.69, 9.17) is 0 Å². The standard InChI is InChI=1S/C18H21F3N6O.ClH/c19-18(20,21)14-3-1-2-4-16(14)27-12-15(23-24-27)17(28)26-8-5-13(11-26)25-9-6-22-7-10-25;/h1-4,12-13,22H,5-11H2;1H. The zero-order valence-electron chi connectivity index (χ0n) is 15.6. The molecule has 29 heavy (non-hydrogen) atoms.